The molecule has 0 aliphatic rings. The van der Waals surface area contributed by atoms with Crippen molar-refractivity contribution < 1.29 is 23.2 Å². The van der Waals surface area contributed by atoms with E-state index in [1.165, 1.54) is 29.7 Å². The number of rotatable bonds is 9. The summed E-state index contributed by atoms with van der Waals surface area (Å²) in [6, 6.07) is 8.27. The highest BCUT2D eigenvalue weighted by Crippen LogP contribution is 2.24. The van der Waals surface area contributed by atoms with Gasteiger partial charge in [-0.2, -0.15) is 4.31 Å². The van der Waals surface area contributed by atoms with Crippen molar-refractivity contribution in [3.8, 4) is 11.5 Å². The lowest BCUT2D eigenvalue weighted by Crippen LogP contribution is -2.48. The van der Waals surface area contributed by atoms with Gasteiger partial charge in [0.1, 0.15) is 22.7 Å². The average molecular weight is 510 g/mol. The highest BCUT2D eigenvalue weighted by molar-refractivity contribution is 7.89. The maximum atomic E-state index is 13.1. The predicted molar refractivity (Wildman–Crippen MR) is 120 cm³/mol. The molecule has 3 aromatic rings. The molecular weight excluding hydrogens is 490 g/mol. The van der Waals surface area contributed by atoms with Gasteiger partial charge in [-0.1, -0.05) is 11.6 Å². The normalized spacial score (nSPS) is 12.4. The average Bonchev–Trinajstić information content (AvgIpc) is 2.81. The number of carbonyl (C=O) groups excluding carboxylic acids is 1. The number of hydrogen-bond donors (Lipinski definition) is 3. The monoisotopic (exact) mass is 509 g/mol. The van der Waals surface area contributed by atoms with Crippen molar-refractivity contribution in [1.82, 2.24) is 24.3 Å². The standard InChI is InChI=1S/C20H20ClN5O7S/c1-25(16(19(28)24-30)8-11-26-18(27)12-17(21)23-20(26)29)34(31,32)15-4-2-13(3-5-15)33-14-6-9-22-10-7-14/h2-7,9-10,12,16,30H,8,11H2,1H3,(H,23,29)(H,24,28). The number of hydrogen-bond acceptors (Lipinski definition) is 8. The van der Waals surface area contributed by atoms with Gasteiger partial charge in [-0.25, -0.2) is 18.7 Å². The van der Waals surface area contributed by atoms with E-state index in [0.29, 0.717) is 11.5 Å². The summed E-state index contributed by atoms with van der Waals surface area (Å²) in [7, 11) is -3.07. The van der Waals surface area contributed by atoms with Crippen molar-refractivity contribution in [3.05, 3.63) is 80.8 Å². The van der Waals surface area contributed by atoms with Gasteiger partial charge in [0, 0.05) is 32.1 Å². The molecule has 34 heavy (non-hydrogen) atoms. The Morgan fingerprint density at radius 3 is 2.41 bits per heavy atom. The van der Waals surface area contributed by atoms with E-state index in [2.05, 4.69) is 9.97 Å². The van der Waals surface area contributed by atoms with Crippen molar-refractivity contribution in [1.29, 1.82) is 0 Å². The number of hydroxylamine groups is 1. The van der Waals surface area contributed by atoms with Crippen molar-refractivity contribution in [2.75, 3.05) is 7.05 Å². The van der Waals surface area contributed by atoms with Crippen LogP contribution in [-0.2, 0) is 21.4 Å². The third-order valence-electron chi connectivity index (χ3n) is 4.85. The molecule has 1 atom stereocenters. The van der Waals surface area contributed by atoms with Crippen molar-refractivity contribution in [3.63, 3.8) is 0 Å². The van der Waals surface area contributed by atoms with Gasteiger partial charge in [0.15, 0.2) is 0 Å². The number of amides is 1. The Labute approximate surface area is 198 Å². The highest BCUT2D eigenvalue weighted by atomic mass is 35.5. The first-order valence-electron chi connectivity index (χ1n) is 9.73. The zero-order valence-corrected chi connectivity index (χ0v) is 19.3. The number of nitrogens with zero attached hydrogens (tertiary/aromatic N) is 3. The van der Waals surface area contributed by atoms with Crippen molar-refractivity contribution in [2.24, 2.45) is 0 Å². The highest BCUT2D eigenvalue weighted by Gasteiger charge is 2.33. The van der Waals surface area contributed by atoms with Crippen molar-refractivity contribution >= 4 is 27.5 Å². The number of ether oxygens (including phenoxy) is 1. The molecule has 1 amide bonds. The summed E-state index contributed by atoms with van der Waals surface area (Å²) < 4.78 is 33.3. The third-order valence-corrected chi connectivity index (χ3v) is 6.94. The van der Waals surface area contributed by atoms with E-state index in [1.807, 2.05) is 0 Å². The third kappa shape index (κ3) is 5.69. The zero-order chi connectivity index (χ0) is 24.9. The molecule has 12 nitrogen and oxygen atoms in total. The van der Waals surface area contributed by atoms with Crippen LogP contribution >= 0.6 is 11.6 Å². The zero-order valence-electron chi connectivity index (χ0n) is 17.7. The first-order chi connectivity index (χ1) is 16.1. The van der Waals surface area contributed by atoms with E-state index >= 15 is 0 Å². The van der Waals surface area contributed by atoms with E-state index in [0.717, 1.165) is 22.0 Å². The second-order valence-electron chi connectivity index (χ2n) is 6.97. The Morgan fingerprint density at radius 1 is 1.21 bits per heavy atom. The van der Waals surface area contributed by atoms with Crippen LogP contribution in [-0.4, -0.2) is 51.5 Å². The van der Waals surface area contributed by atoms with Gasteiger partial charge < -0.3 is 4.74 Å². The number of halogens is 1. The second kappa shape index (κ2) is 10.6. The maximum Gasteiger partial charge on any atom is 0.329 e. The number of pyridine rings is 1. The van der Waals surface area contributed by atoms with E-state index in [9.17, 15) is 22.8 Å². The fourth-order valence-corrected chi connectivity index (χ4v) is 4.59. The van der Waals surface area contributed by atoms with E-state index in [1.54, 1.807) is 24.5 Å². The first-order valence-corrected chi connectivity index (χ1v) is 11.5. The van der Waals surface area contributed by atoms with Crippen LogP contribution < -0.4 is 21.5 Å². The fourth-order valence-electron chi connectivity index (χ4n) is 3.06. The molecule has 2 aromatic heterocycles. The minimum absolute atomic E-state index is 0.144. The van der Waals surface area contributed by atoms with Gasteiger partial charge in [-0.3, -0.25) is 29.3 Å². The van der Waals surface area contributed by atoms with Crippen LogP contribution in [0.5, 0.6) is 11.5 Å². The van der Waals surface area contributed by atoms with E-state index in [-0.39, 0.29) is 23.0 Å². The number of aromatic amines is 1. The molecule has 0 saturated heterocycles. The minimum Gasteiger partial charge on any atom is -0.457 e. The quantitative estimate of drug-likeness (QED) is 0.218. The lowest BCUT2D eigenvalue weighted by atomic mass is 10.2. The summed E-state index contributed by atoms with van der Waals surface area (Å²) in [5.74, 6) is -0.157. The lowest BCUT2D eigenvalue weighted by molar-refractivity contribution is -0.133. The van der Waals surface area contributed by atoms with Gasteiger partial charge >= 0.3 is 5.69 Å². The van der Waals surface area contributed by atoms with Gasteiger partial charge in [0.05, 0.1) is 4.90 Å². The SMILES string of the molecule is CN(C(CCn1c(=O)cc(Cl)[nH]c1=O)C(=O)NO)S(=O)(=O)c1ccc(Oc2ccncc2)cc1. The van der Waals surface area contributed by atoms with Gasteiger partial charge in [0.2, 0.25) is 10.0 Å². The summed E-state index contributed by atoms with van der Waals surface area (Å²) in [5, 5.41) is 8.95. The maximum absolute atomic E-state index is 13.1. The number of carbonyl (C=O) groups is 1. The molecule has 14 heteroatoms. The topological polar surface area (TPSA) is 164 Å². The Balaban J connectivity index is 1.81. The summed E-state index contributed by atoms with van der Waals surface area (Å²) in [4.78, 5) is 42.2. The Bertz CT molecular complexity index is 1340. The number of sulfonamides is 1. The molecule has 0 aliphatic heterocycles. The molecule has 0 spiro atoms. The molecular formula is C20H20ClN5O7S. The minimum atomic E-state index is -4.21. The number of benzene rings is 1. The largest absolute Gasteiger partial charge is 0.457 e. The van der Waals surface area contributed by atoms with Crippen molar-refractivity contribution in [2.45, 2.75) is 23.9 Å². The van der Waals surface area contributed by atoms with E-state index < -0.39 is 33.2 Å². The summed E-state index contributed by atoms with van der Waals surface area (Å²) >= 11 is 5.63. The molecule has 0 aliphatic carbocycles. The Hall–Kier alpha value is -3.52. The summed E-state index contributed by atoms with van der Waals surface area (Å²) in [5.41, 5.74) is -0.137. The van der Waals surface area contributed by atoms with Crippen LogP contribution in [0.2, 0.25) is 5.15 Å². The molecule has 0 saturated carbocycles. The fraction of sp³-hybridized carbons (Fsp3) is 0.200. The smallest absolute Gasteiger partial charge is 0.329 e. The molecule has 0 radical (unpaired) electrons. The summed E-state index contributed by atoms with van der Waals surface area (Å²) in [6.45, 7) is -0.317. The molecule has 0 bridgehead atoms. The van der Waals surface area contributed by atoms with Crippen LogP contribution in [0.25, 0.3) is 0 Å². The molecule has 3 N–H and O–H groups in total. The summed E-state index contributed by atoms with van der Waals surface area (Å²) in [6.07, 6.45) is 2.79. The van der Waals surface area contributed by atoms with Crippen LogP contribution in [0.15, 0.2) is 69.3 Å². The van der Waals surface area contributed by atoms with Gasteiger partial charge in [0.25, 0.3) is 11.5 Å². The predicted octanol–water partition coefficient (Wildman–Crippen LogP) is 0.962. The Kier molecular flexibility index (Phi) is 7.83. The first kappa shape index (κ1) is 25.1. The molecule has 3 rings (SSSR count). The Morgan fingerprint density at radius 2 is 1.82 bits per heavy atom. The number of nitrogens with one attached hydrogen (secondary N) is 2. The molecule has 2 heterocycles. The van der Waals surface area contributed by atoms with Crippen LogP contribution in [0, 0.1) is 0 Å². The second-order valence-corrected chi connectivity index (χ2v) is 9.38. The van der Waals surface area contributed by atoms with Crippen LogP contribution in [0.3, 0.4) is 0 Å². The molecule has 180 valence electrons. The molecule has 1 unspecified atom stereocenters. The number of aromatic nitrogens is 3. The molecule has 0 fully saturated rings. The number of likely N-dealkylation sites (N-methyl/N-ethyl adjacent to an activating group) is 1. The molecule has 1 aromatic carbocycles. The van der Waals surface area contributed by atoms with Crippen LogP contribution in [0.4, 0.5) is 0 Å². The number of H-pyrrole nitrogens is 1. The lowest BCUT2D eigenvalue weighted by Gasteiger charge is -2.26. The van der Waals surface area contributed by atoms with Crippen LogP contribution in [0.1, 0.15) is 6.42 Å². The van der Waals surface area contributed by atoms with Gasteiger partial charge in [-0.15, -0.1) is 0 Å². The van der Waals surface area contributed by atoms with E-state index in [4.69, 9.17) is 21.5 Å². The van der Waals surface area contributed by atoms with Gasteiger partial charge in [-0.05, 0) is 42.8 Å².